The topological polar surface area (TPSA) is 107 Å². The zero-order valence-electron chi connectivity index (χ0n) is 22.0. The van der Waals surface area contributed by atoms with Gasteiger partial charge in [-0.1, -0.05) is 48.9 Å². The molecule has 2 aliphatic rings. The van der Waals surface area contributed by atoms with E-state index in [1.807, 2.05) is 56.3 Å². The van der Waals surface area contributed by atoms with Crippen LogP contribution < -0.4 is 4.74 Å². The van der Waals surface area contributed by atoms with Crippen molar-refractivity contribution in [3.63, 3.8) is 0 Å². The van der Waals surface area contributed by atoms with Crippen LogP contribution in [0.25, 0.3) is 6.08 Å². The van der Waals surface area contributed by atoms with Crippen molar-refractivity contribution in [1.29, 1.82) is 0 Å². The van der Waals surface area contributed by atoms with E-state index in [1.54, 1.807) is 18.2 Å². The molecule has 0 spiro atoms. The number of aliphatic hydroxyl groups excluding tert-OH is 2. The Bertz CT molecular complexity index is 1200. The summed E-state index contributed by atoms with van der Waals surface area (Å²) in [6.07, 6.45) is 3.01. The third-order valence-corrected chi connectivity index (χ3v) is 7.53. The molecule has 7 heteroatoms. The molecule has 0 unspecified atom stereocenters. The number of nitrogens with zero attached hydrogens (tertiary/aromatic N) is 1. The molecule has 202 valence electrons. The third kappa shape index (κ3) is 6.00. The zero-order valence-corrected chi connectivity index (χ0v) is 22.0. The summed E-state index contributed by atoms with van der Waals surface area (Å²) < 4.78 is 6.02. The van der Waals surface area contributed by atoms with Crippen LogP contribution in [-0.4, -0.2) is 57.9 Å². The Morgan fingerprint density at radius 3 is 2.58 bits per heavy atom. The first-order chi connectivity index (χ1) is 18.3. The van der Waals surface area contributed by atoms with Crippen molar-refractivity contribution < 1.29 is 29.6 Å². The van der Waals surface area contributed by atoms with Gasteiger partial charge in [-0.25, -0.2) is 0 Å². The molecule has 1 heterocycles. The van der Waals surface area contributed by atoms with Gasteiger partial charge in [0.1, 0.15) is 18.1 Å². The minimum Gasteiger partial charge on any atom is -0.508 e. The summed E-state index contributed by atoms with van der Waals surface area (Å²) in [6, 6.07) is 16.3. The van der Waals surface area contributed by atoms with Crippen LogP contribution in [0.1, 0.15) is 45.1 Å². The molecule has 0 bridgehead atoms. The predicted octanol–water partition coefficient (Wildman–Crippen LogP) is 4.34. The van der Waals surface area contributed by atoms with E-state index in [0.29, 0.717) is 43.6 Å². The molecule has 1 saturated heterocycles. The molecule has 7 nitrogen and oxygen atoms in total. The van der Waals surface area contributed by atoms with Gasteiger partial charge in [0.05, 0.1) is 24.5 Å². The molecule has 0 saturated carbocycles. The summed E-state index contributed by atoms with van der Waals surface area (Å²) in [4.78, 5) is 27.8. The average Bonchev–Trinajstić information content (AvgIpc) is 3.15. The van der Waals surface area contributed by atoms with E-state index in [4.69, 9.17) is 4.74 Å². The Morgan fingerprint density at radius 2 is 1.89 bits per heavy atom. The molecule has 1 fully saturated rings. The Hall–Kier alpha value is -3.42. The molecule has 1 aliphatic carbocycles. The second kappa shape index (κ2) is 12.4. The lowest BCUT2D eigenvalue weighted by molar-refractivity contribution is -0.140. The maximum atomic E-state index is 13.3. The van der Waals surface area contributed by atoms with Gasteiger partial charge in [0.2, 0.25) is 11.8 Å². The zero-order chi connectivity index (χ0) is 27.2. The van der Waals surface area contributed by atoms with Crippen LogP contribution in [0.15, 0.2) is 71.3 Å². The molecule has 4 atom stereocenters. The summed E-state index contributed by atoms with van der Waals surface area (Å²) in [6.45, 7) is 4.08. The van der Waals surface area contributed by atoms with Crippen molar-refractivity contribution in [2.75, 3.05) is 19.8 Å². The number of amides is 2. The number of allylic oxidation sites excluding steroid dienone is 1. The number of ether oxygens (including phenoxy) is 1. The van der Waals surface area contributed by atoms with E-state index >= 15 is 0 Å². The van der Waals surface area contributed by atoms with Gasteiger partial charge in [-0.05, 0) is 73.6 Å². The van der Waals surface area contributed by atoms with Crippen LogP contribution in [0, 0.1) is 17.8 Å². The van der Waals surface area contributed by atoms with Crippen LogP contribution in [0.5, 0.6) is 11.5 Å². The number of aliphatic hydroxyl groups is 2. The highest BCUT2D eigenvalue weighted by Gasteiger charge is 2.54. The molecule has 0 aromatic heterocycles. The van der Waals surface area contributed by atoms with E-state index in [-0.39, 0.29) is 30.8 Å². The minimum absolute atomic E-state index is 0.170. The Kier molecular flexibility index (Phi) is 9.02. The first kappa shape index (κ1) is 27.6. The van der Waals surface area contributed by atoms with Gasteiger partial charge >= 0.3 is 0 Å². The van der Waals surface area contributed by atoms with Crippen molar-refractivity contribution in [3.05, 3.63) is 76.9 Å². The standard InChI is InChI=1S/C31H37NO6/c1-3-14-32-30(36)25-17-22(19-38-24-10-5-4-6-11-24)28(26(18-33)29(25)31(32)37)27(35)13-12-20(2)15-21-8-7-9-23(34)16-21/h4-11,15-16,25-27,29,33-35H,3,12-14,17-19H2,1-2H3/b20-15+/t25-,26+,27-,29-/m1/s1. The molecule has 1 aliphatic heterocycles. The van der Waals surface area contributed by atoms with Gasteiger partial charge < -0.3 is 20.1 Å². The van der Waals surface area contributed by atoms with Gasteiger partial charge in [0.25, 0.3) is 0 Å². The monoisotopic (exact) mass is 519 g/mol. The van der Waals surface area contributed by atoms with Gasteiger partial charge in [-0.3, -0.25) is 14.5 Å². The lowest BCUT2D eigenvalue weighted by Gasteiger charge is -2.36. The average molecular weight is 520 g/mol. The molecular formula is C31H37NO6. The van der Waals surface area contributed by atoms with Crippen LogP contribution in [-0.2, 0) is 9.59 Å². The summed E-state index contributed by atoms with van der Waals surface area (Å²) in [5.74, 6) is -1.47. The fourth-order valence-electron chi connectivity index (χ4n) is 5.78. The predicted molar refractivity (Wildman–Crippen MR) is 145 cm³/mol. The normalized spacial score (nSPS) is 22.6. The lowest BCUT2D eigenvalue weighted by Crippen LogP contribution is -2.40. The van der Waals surface area contributed by atoms with E-state index < -0.39 is 23.9 Å². The maximum Gasteiger partial charge on any atom is 0.233 e. The molecule has 2 aromatic carbocycles. The second-order valence-electron chi connectivity index (χ2n) is 10.3. The number of fused-ring (bicyclic) bond motifs is 1. The number of benzene rings is 2. The molecule has 2 amide bonds. The van der Waals surface area contributed by atoms with E-state index in [0.717, 1.165) is 16.7 Å². The molecular weight excluding hydrogens is 482 g/mol. The summed E-state index contributed by atoms with van der Waals surface area (Å²) in [5, 5.41) is 31.7. The number of imide groups is 1. The molecule has 0 radical (unpaired) electrons. The summed E-state index contributed by atoms with van der Waals surface area (Å²) in [5.41, 5.74) is 3.28. The van der Waals surface area contributed by atoms with Crippen LogP contribution in [0.2, 0.25) is 0 Å². The first-order valence-corrected chi connectivity index (χ1v) is 13.3. The highest BCUT2D eigenvalue weighted by Crippen LogP contribution is 2.46. The fraction of sp³-hybridized carbons (Fsp3) is 0.419. The summed E-state index contributed by atoms with van der Waals surface area (Å²) in [7, 11) is 0. The quantitative estimate of drug-likeness (QED) is 0.301. The number of aromatic hydroxyl groups is 1. The van der Waals surface area contributed by atoms with E-state index in [9.17, 15) is 24.9 Å². The van der Waals surface area contributed by atoms with E-state index in [2.05, 4.69) is 0 Å². The van der Waals surface area contributed by atoms with Gasteiger partial charge in [-0.15, -0.1) is 0 Å². The van der Waals surface area contributed by atoms with Crippen molar-refractivity contribution in [1.82, 2.24) is 4.90 Å². The van der Waals surface area contributed by atoms with Crippen molar-refractivity contribution in [2.24, 2.45) is 17.8 Å². The number of para-hydroxylation sites is 1. The number of likely N-dealkylation sites (tertiary alicyclic amines) is 1. The number of carbonyl (C=O) groups is 2. The Morgan fingerprint density at radius 1 is 1.13 bits per heavy atom. The lowest BCUT2D eigenvalue weighted by atomic mass is 9.68. The van der Waals surface area contributed by atoms with Crippen molar-refractivity contribution in [2.45, 2.75) is 45.6 Å². The fourth-order valence-corrected chi connectivity index (χ4v) is 5.78. The molecule has 4 rings (SSSR count). The number of phenols is 1. The van der Waals surface area contributed by atoms with Crippen molar-refractivity contribution in [3.8, 4) is 11.5 Å². The number of carbonyl (C=O) groups excluding carboxylic acids is 2. The third-order valence-electron chi connectivity index (χ3n) is 7.53. The minimum atomic E-state index is -0.905. The highest BCUT2D eigenvalue weighted by molar-refractivity contribution is 6.05. The van der Waals surface area contributed by atoms with Gasteiger partial charge in [-0.2, -0.15) is 0 Å². The SMILES string of the molecule is CCCN1C(=O)[C@@H]2[C@@H](CC(COc3ccccc3)=C([C@H](O)CC/C(C)=C/c3cccc(O)c3)[C@@H]2CO)C1=O. The first-order valence-electron chi connectivity index (χ1n) is 13.3. The number of rotatable bonds is 11. The van der Waals surface area contributed by atoms with Gasteiger partial charge in [0, 0.05) is 12.5 Å². The van der Waals surface area contributed by atoms with Crippen LogP contribution in [0.4, 0.5) is 0 Å². The van der Waals surface area contributed by atoms with Gasteiger partial charge in [0.15, 0.2) is 0 Å². The Balaban J connectivity index is 1.60. The number of hydrogen-bond donors (Lipinski definition) is 3. The number of phenolic OH excluding ortho intramolecular Hbond substituents is 1. The van der Waals surface area contributed by atoms with Crippen LogP contribution in [0.3, 0.4) is 0 Å². The van der Waals surface area contributed by atoms with Crippen LogP contribution >= 0.6 is 0 Å². The van der Waals surface area contributed by atoms with E-state index in [1.165, 1.54) is 4.90 Å². The Labute approximate surface area is 224 Å². The second-order valence-corrected chi connectivity index (χ2v) is 10.3. The maximum absolute atomic E-state index is 13.3. The molecule has 3 N–H and O–H groups in total. The van der Waals surface area contributed by atoms with Crippen molar-refractivity contribution >= 4 is 17.9 Å². The molecule has 38 heavy (non-hydrogen) atoms. The smallest absolute Gasteiger partial charge is 0.233 e. The number of hydrogen-bond acceptors (Lipinski definition) is 6. The largest absolute Gasteiger partial charge is 0.508 e. The summed E-state index contributed by atoms with van der Waals surface area (Å²) >= 11 is 0. The molecule has 2 aromatic rings. The highest BCUT2D eigenvalue weighted by atomic mass is 16.5.